The van der Waals surface area contributed by atoms with E-state index in [4.69, 9.17) is 5.73 Å². The molecule has 3 heteroatoms. The van der Waals surface area contributed by atoms with Crippen molar-refractivity contribution in [3.63, 3.8) is 0 Å². The van der Waals surface area contributed by atoms with E-state index in [1.165, 1.54) is 29.7 Å². The van der Waals surface area contributed by atoms with Gasteiger partial charge in [-0.25, -0.2) is 0 Å². The van der Waals surface area contributed by atoms with Gasteiger partial charge in [0.15, 0.2) is 0 Å². The van der Waals surface area contributed by atoms with Crippen molar-refractivity contribution in [3.05, 3.63) is 64.1 Å². The van der Waals surface area contributed by atoms with E-state index < -0.39 is 0 Å². The van der Waals surface area contributed by atoms with Gasteiger partial charge in [0.1, 0.15) is 0 Å². The zero-order valence-corrected chi connectivity index (χ0v) is 13.0. The minimum absolute atomic E-state index is 0.468. The third-order valence-electron chi connectivity index (χ3n) is 4.01. The maximum absolute atomic E-state index is 5.91. The average Bonchev–Trinajstić information content (AvgIpc) is 2.97. The van der Waals surface area contributed by atoms with Gasteiger partial charge in [-0.15, -0.1) is 0 Å². The van der Waals surface area contributed by atoms with Crippen molar-refractivity contribution in [1.29, 1.82) is 0 Å². The van der Waals surface area contributed by atoms with Gasteiger partial charge < -0.3 is 10.6 Å². The number of hydrogen-bond donors (Lipinski definition) is 1. The van der Waals surface area contributed by atoms with E-state index in [9.17, 15) is 0 Å². The molecule has 2 N–H and O–H groups in total. The molecule has 0 aliphatic carbocycles. The minimum atomic E-state index is 0.468. The Morgan fingerprint density at radius 3 is 2.70 bits per heavy atom. The molecule has 0 aromatic heterocycles. The molecule has 20 heavy (non-hydrogen) atoms. The molecule has 1 saturated heterocycles. The van der Waals surface area contributed by atoms with Crippen molar-refractivity contribution >= 4 is 21.6 Å². The summed E-state index contributed by atoms with van der Waals surface area (Å²) in [6, 6.07) is 17.6. The third kappa shape index (κ3) is 2.60. The van der Waals surface area contributed by atoms with Gasteiger partial charge in [0, 0.05) is 23.2 Å². The van der Waals surface area contributed by atoms with Crippen LogP contribution >= 0.6 is 15.9 Å². The van der Waals surface area contributed by atoms with E-state index in [2.05, 4.69) is 69.4 Å². The number of halogens is 1. The van der Waals surface area contributed by atoms with Gasteiger partial charge in [0.2, 0.25) is 0 Å². The Kier molecular flexibility index (Phi) is 4.08. The molecule has 1 unspecified atom stereocenters. The third-order valence-corrected chi connectivity index (χ3v) is 4.51. The lowest BCUT2D eigenvalue weighted by Crippen LogP contribution is -2.24. The predicted octanol–water partition coefficient (Wildman–Crippen LogP) is 4.25. The Hall–Kier alpha value is -1.32. The Labute approximate surface area is 128 Å². The number of benzene rings is 2. The first-order chi connectivity index (χ1) is 9.79. The second-order valence-corrected chi connectivity index (χ2v) is 6.15. The molecule has 0 radical (unpaired) electrons. The monoisotopic (exact) mass is 330 g/mol. The molecule has 0 spiro atoms. The van der Waals surface area contributed by atoms with Gasteiger partial charge in [-0.3, -0.25) is 0 Å². The van der Waals surface area contributed by atoms with Crippen molar-refractivity contribution in [2.24, 2.45) is 5.73 Å². The quantitative estimate of drug-likeness (QED) is 0.911. The van der Waals surface area contributed by atoms with Crippen molar-refractivity contribution < 1.29 is 0 Å². The molecule has 1 aliphatic rings. The van der Waals surface area contributed by atoms with Crippen LogP contribution in [0.2, 0.25) is 0 Å². The molecule has 1 fully saturated rings. The van der Waals surface area contributed by atoms with Crippen LogP contribution in [0.1, 0.15) is 30.0 Å². The lowest BCUT2D eigenvalue weighted by molar-refractivity contribution is 0.716. The average molecular weight is 331 g/mol. The number of hydrogen-bond acceptors (Lipinski definition) is 2. The number of rotatable bonds is 3. The molecular formula is C17H19BrN2. The van der Waals surface area contributed by atoms with E-state index >= 15 is 0 Å². The smallest absolute Gasteiger partial charge is 0.0543 e. The van der Waals surface area contributed by atoms with Crippen molar-refractivity contribution in [2.45, 2.75) is 25.4 Å². The van der Waals surface area contributed by atoms with Crippen LogP contribution in [0, 0.1) is 0 Å². The van der Waals surface area contributed by atoms with Crippen LogP contribution < -0.4 is 10.6 Å². The molecule has 0 amide bonds. The van der Waals surface area contributed by atoms with E-state index in [0.717, 1.165) is 11.0 Å². The summed E-state index contributed by atoms with van der Waals surface area (Å²) in [7, 11) is 0. The van der Waals surface area contributed by atoms with Crippen LogP contribution in [0.15, 0.2) is 53.0 Å². The van der Waals surface area contributed by atoms with E-state index in [1.807, 2.05) is 0 Å². The maximum Gasteiger partial charge on any atom is 0.0543 e. The molecular weight excluding hydrogens is 312 g/mol. The maximum atomic E-state index is 5.91. The van der Waals surface area contributed by atoms with Crippen LogP contribution in [0.3, 0.4) is 0 Å². The highest BCUT2D eigenvalue weighted by Gasteiger charge is 2.27. The van der Waals surface area contributed by atoms with Crippen LogP contribution in [-0.4, -0.2) is 6.54 Å². The van der Waals surface area contributed by atoms with Crippen molar-refractivity contribution in [2.75, 3.05) is 11.4 Å². The molecule has 0 saturated carbocycles. The Bertz CT molecular complexity index is 583. The van der Waals surface area contributed by atoms with Gasteiger partial charge in [-0.05, 0) is 36.1 Å². The fourth-order valence-electron chi connectivity index (χ4n) is 3.05. The highest BCUT2D eigenvalue weighted by Crippen LogP contribution is 2.38. The number of nitrogens with zero attached hydrogens (tertiary/aromatic N) is 1. The highest BCUT2D eigenvalue weighted by molar-refractivity contribution is 9.10. The minimum Gasteiger partial charge on any atom is -0.364 e. The topological polar surface area (TPSA) is 29.3 Å². The van der Waals surface area contributed by atoms with Crippen LogP contribution in [0.5, 0.6) is 0 Å². The van der Waals surface area contributed by atoms with Gasteiger partial charge in [0.25, 0.3) is 0 Å². The van der Waals surface area contributed by atoms with Crippen molar-refractivity contribution in [3.8, 4) is 0 Å². The molecule has 104 valence electrons. The van der Waals surface area contributed by atoms with E-state index in [0.29, 0.717) is 12.6 Å². The predicted molar refractivity (Wildman–Crippen MR) is 87.8 cm³/mol. The summed E-state index contributed by atoms with van der Waals surface area (Å²) >= 11 is 3.58. The van der Waals surface area contributed by atoms with Gasteiger partial charge in [-0.1, -0.05) is 52.3 Å². The first-order valence-electron chi connectivity index (χ1n) is 7.09. The number of anilines is 1. The zero-order valence-electron chi connectivity index (χ0n) is 11.4. The normalized spacial score (nSPS) is 18.5. The molecule has 3 rings (SSSR count). The fraction of sp³-hybridized carbons (Fsp3) is 0.294. The first kappa shape index (κ1) is 13.7. The lowest BCUT2D eigenvalue weighted by atomic mass is 10.0. The SMILES string of the molecule is NCc1ccc(Br)cc1N1CCCC1c1ccccc1. The molecule has 0 bridgehead atoms. The summed E-state index contributed by atoms with van der Waals surface area (Å²) in [6.07, 6.45) is 2.44. The molecule has 2 aromatic rings. The first-order valence-corrected chi connectivity index (χ1v) is 7.89. The van der Waals surface area contributed by atoms with E-state index in [-0.39, 0.29) is 0 Å². The summed E-state index contributed by atoms with van der Waals surface area (Å²) in [5.74, 6) is 0. The van der Waals surface area contributed by atoms with Gasteiger partial charge in [-0.2, -0.15) is 0 Å². The largest absolute Gasteiger partial charge is 0.364 e. The second kappa shape index (κ2) is 5.98. The van der Waals surface area contributed by atoms with Crippen molar-refractivity contribution in [1.82, 2.24) is 0 Å². The van der Waals surface area contributed by atoms with Gasteiger partial charge in [0.05, 0.1) is 6.04 Å². The lowest BCUT2D eigenvalue weighted by Gasteiger charge is -2.29. The Morgan fingerprint density at radius 2 is 1.95 bits per heavy atom. The summed E-state index contributed by atoms with van der Waals surface area (Å²) in [4.78, 5) is 2.50. The molecule has 1 heterocycles. The Balaban J connectivity index is 1.99. The summed E-state index contributed by atoms with van der Waals surface area (Å²) in [5.41, 5.74) is 9.80. The van der Waals surface area contributed by atoms with E-state index in [1.54, 1.807) is 0 Å². The van der Waals surface area contributed by atoms with Crippen LogP contribution in [0.4, 0.5) is 5.69 Å². The van der Waals surface area contributed by atoms with Crippen LogP contribution in [0.25, 0.3) is 0 Å². The summed E-state index contributed by atoms with van der Waals surface area (Å²) < 4.78 is 1.11. The highest BCUT2D eigenvalue weighted by atomic mass is 79.9. The molecule has 1 aliphatic heterocycles. The molecule has 2 aromatic carbocycles. The van der Waals surface area contributed by atoms with Crippen LogP contribution in [-0.2, 0) is 6.54 Å². The Morgan fingerprint density at radius 1 is 1.15 bits per heavy atom. The standard InChI is InChI=1S/C17H19BrN2/c18-15-9-8-14(12-19)17(11-15)20-10-4-7-16(20)13-5-2-1-3-6-13/h1-3,5-6,8-9,11,16H,4,7,10,12,19H2. The molecule has 2 nitrogen and oxygen atoms in total. The zero-order chi connectivity index (χ0) is 13.9. The summed E-state index contributed by atoms with van der Waals surface area (Å²) in [5, 5.41) is 0. The number of nitrogens with two attached hydrogens (primary N) is 1. The second-order valence-electron chi connectivity index (χ2n) is 5.24. The molecule has 1 atom stereocenters. The summed E-state index contributed by atoms with van der Waals surface area (Å²) in [6.45, 7) is 1.68. The van der Waals surface area contributed by atoms with Gasteiger partial charge >= 0.3 is 0 Å². The fourth-order valence-corrected chi connectivity index (χ4v) is 3.40.